The van der Waals surface area contributed by atoms with E-state index >= 15 is 0 Å². The average Bonchev–Trinajstić information content (AvgIpc) is 2.30. The highest BCUT2D eigenvalue weighted by atomic mass is 19.1. The molecule has 16 heavy (non-hydrogen) atoms. The molecule has 2 rings (SSSR count). The van der Waals surface area contributed by atoms with Gasteiger partial charge in [-0.2, -0.15) is 0 Å². The lowest BCUT2D eigenvalue weighted by Crippen LogP contribution is -2.35. The highest BCUT2D eigenvalue weighted by Crippen LogP contribution is 2.27. The van der Waals surface area contributed by atoms with Crippen LogP contribution in [0.1, 0.15) is 18.1 Å². The summed E-state index contributed by atoms with van der Waals surface area (Å²) < 4.78 is 13.6. The van der Waals surface area contributed by atoms with E-state index < -0.39 is 5.54 Å². The lowest BCUT2D eigenvalue weighted by Gasteiger charge is -2.26. The smallest absolute Gasteiger partial charge is 0.146 e. The summed E-state index contributed by atoms with van der Waals surface area (Å²) in [7, 11) is 0. The molecule has 0 amide bonds. The molecule has 1 atom stereocenters. The van der Waals surface area contributed by atoms with E-state index in [4.69, 9.17) is 5.73 Å². The quantitative estimate of drug-likeness (QED) is 0.837. The van der Waals surface area contributed by atoms with Gasteiger partial charge >= 0.3 is 0 Å². The van der Waals surface area contributed by atoms with Crippen molar-refractivity contribution in [2.24, 2.45) is 5.73 Å². The van der Waals surface area contributed by atoms with Crippen LogP contribution < -0.4 is 5.73 Å². The van der Waals surface area contributed by atoms with Gasteiger partial charge in [0.05, 0.1) is 11.7 Å². The van der Waals surface area contributed by atoms with Crippen molar-refractivity contribution >= 4 is 0 Å². The first-order valence-electron chi connectivity index (χ1n) is 5.07. The van der Waals surface area contributed by atoms with Crippen LogP contribution >= 0.6 is 0 Å². The summed E-state index contributed by atoms with van der Waals surface area (Å²) in [6.45, 7) is 1.79. The molecule has 0 saturated heterocycles. The Morgan fingerprint density at radius 2 is 1.88 bits per heavy atom. The molecule has 2 nitrogen and oxygen atoms in total. The molecule has 1 aromatic carbocycles. The highest BCUT2D eigenvalue weighted by molar-refractivity contribution is 5.36. The van der Waals surface area contributed by atoms with Crippen LogP contribution in [0.3, 0.4) is 0 Å². The molecule has 0 spiro atoms. The molecule has 0 aliphatic rings. The zero-order chi connectivity index (χ0) is 11.6. The second kappa shape index (κ2) is 4.02. The van der Waals surface area contributed by atoms with Gasteiger partial charge < -0.3 is 5.73 Å². The summed E-state index contributed by atoms with van der Waals surface area (Å²) in [4.78, 5) is 3.72. The monoisotopic (exact) mass is 216 g/mol. The fourth-order valence-corrected chi connectivity index (χ4v) is 1.74. The molecule has 0 fully saturated rings. The molecule has 3 heteroatoms. The second-order valence-electron chi connectivity index (χ2n) is 3.92. The van der Waals surface area contributed by atoms with E-state index in [9.17, 15) is 4.39 Å². The van der Waals surface area contributed by atoms with Gasteiger partial charge in [-0.3, -0.25) is 4.98 Å². The Labute approximate surface area is 93.9 Å². The number of hydrogen-bond acceptors (Lipinski definition) is 2. The zero-order valence-electron chi connectivity index (χ0n) is 9.02. The summed E-state index contributed by atoms with van der Waals surface area (Å²) in [5.41, 5.74) is 6.68. The van der Waals surface area contributed by atoms with Crippen molar-refractivity contribution in [3.8, 4) is 0 Å². The molecule has 1 unspecified atom stereocenters. The molecule has 0 radical (unpaired) electrons. The molecule has 0 aliphatic heterocycles. The van der Waals surface area contributed by atoms with E-state index in [0.717, 1.165) is 5.56 Å². The van der Waals surface area contributed by atoms with E-state index in [1.165, 1.54) is 6.20 Å². The second-order valence-corrected chi connectivity index (χ2v) is 3.92. The minimum absolute atomic E-state index is 0.378. The van der Waals surface area contributed by atoms with E-state index in [1.54, 1.807) is 19.2 Å². The lowest BCUT2D eigenvalue weighted by atomic mass is 9.86. The molecule has 1 heterocycles. The molecule has 2 N–H and O–H groups in total. The standard InChI is InChI=1S/C13H13FN2/c1-13(15,10-5-3-2-4-6-10)11-7-8-16-9-12(11)14/h2-9H,15H2,1H3. The molecule has 0 bridgehead atoms. The number of nitrogens with two attached hydrogens (primary N) is 1. The predicted molar refractivity (Wildman–Crippen MR) is 61.3 cm³/mol. The highest BCUT2D eigenvalue weighted by Gasteiger charge is 2.26. The van der Waals surface area contributed by atoms with Crippen LogP contribution in [0.25, 0.3) is 0 Å². The van der Waals surface area contributed by atoms with Gasteiger partial charge in [-0.1, -0.05) is 30.3 Å². The Hall–Kier alpha value is -1.74. The largest absolute Gasteiger partial charge is 0.318 e. The summed E-state index contributed by atoms with van der Waals surface area (Å²) in [6, 6.07) is 11.1. The van der Waals surface area contributed by atoms with E-state index in [0.29, 0.717) is 5.56 Å². The van der Waals surface area contributed by atoms with Crippen LogP contribution in [0.15, 0.2) is 48.8 Å². The van der Waals surface area contributed by atoms with Crippen molar-refractivity contribution in [2.45, 2.75) is 12.5 Å². The van der Waals surface area contributed by atoms with Crippen LogP contribution in [-0.2, 0) is 5.54 Å². The number of halogens is 1. The molecular weight excluding hydrogens is 203 g/mol. The van der Waals surface area contributed by atoms with E-state index in [1.807, 2.05) is 30.3 Å². The van der Waals surface area contributed by atoms with E-state index in [-0.39, 0.29) is 5.82 Å². The summed E-state index contributed by atoms with van der Waals surface area (Å²) >= 11 is 0. The molecular formula is C13H13FN2. The topological polar surface area (TPSA) is 38.9 Å². The average molecular weight is 216 g/mol. The number of pyridine rings is 1. The Balaban J connectivity index is 2.51. The third-order valence-electron chi connectivity index (χ3n) is 2.71. The summed E-state index contributed by atoms with van der Waals surface area (Å²) in [5.74, 6) is -0.378. The van der Waals surface area contributed by atoms with Crippen LogP contribution in [0.2, 0.25) is 0 Å². The van der Waals surface area contributed by atoms with Crippen LogP contribution in [0.5, 0.6) is 0 Å². The van der Waals surface area contributed by atoms with Gasteiger partial charge in [0.15, 0.2) is 0 Å². The maximum atomic E-state index is 13.6. The third kappa shape index (κ3) is 1.82. The number of rotatable bonds is 2. The SMILES string of the molecule is CC(N)(c1ccccc1)c1ccncc1F. The number of benzene rings is 1. The van der Waals surface area contributed by atoms with Crippen molar-refractivity contribution in [3.63, 3.8) is 0 Å². The minimum atomic E-state index is -0.839. The lowest BCUT2D eigenvalue weighted by molar-refractivity contribution is 0.527. The van der Waals surface area contributed by atoms with Gasteiger partial charge in [0.2, 0.25) is 0 Å². The van der Waals surface area contributed by atoms with Crippen LogP contribution in [0, 0.1) is 5.82 Å². The number of aromatic nitrogens is 1. The Bertz CT molecular complexity index is 480. The number of nitrogens with zero attached hydrogens (tertiary/aromatic N) is 1. The third-order valence-corrected chi connectivity index (χ3v) is 2.71. The fourth-order valence-electron chi connectivity index (χ4n) is 1.74. The first-order valence-corrected chi connectivity index (χ1v) is 5.07. The van der Waals surface area contributed by atoms with Crippen LogP contribution in [-0.4, -0.2) is 4.98 Å². The molecule has 1 aromatic heterocycles. The van der Waals surface area contributed by atoms with Gasteiger partial charge in [-0.25, -0.2) is 4.39 Å². The maximum Gasteiger partial charge on any atom is 0.146 e. The van der Waals surface area contributed by atoms with Crippen molar-refractivity contribution < 1.29 is 4.39 Å². The first kappa shape index (κ1) is 10.8. The molecule has 0 saturated carbocycles. The van der Waals surface area contributed by atoms with Gasteiger partial charge in [0, 0.05) is 11.8 Å². The van der Waals surface area contributed by atoms with Gasteiger partial charge in [-0.05, 0) is 18.6 Å². The summed E-state index contributed by atoms with van der Waals surface area (Å²) in [5, 5.41) is 0. The number of hydrogen-bond donors (Lipinski definition) is 1. The molecule has 82 valence electrons. The first-order chi connectivity index (χ1) is 7.62. The predicted octanol–water partition coefficient (Wildman–Crippen LogP) is 2.44. The van der Waals surface area contributed by atoms with Crippen molar-refractivity contribution in [2.75, 3.05) is 0 Å². The van der Waals surface area contributed by atoms with Crippen LogP contribution in [0.4, 0.5) is 4.39 Å². The van der Waals surface area contributed by atoms with Gasteiger partial charge in [0.1, 0.15) is 5.82 Å². The molecule has 0 aliphatic carbocycles. The van der Waals surface area contributed by atoms with E-state index in [2.05, 4.69) is 4.98 Å². The minimum Gasteiger partial charge on any atom is -0.318 e. The Morgan fingerprint density at radius 1 is 1.19 bits per heavy atom. The Morgan fingerprint density at radius 3 is 2.50 bits per heavy atom. The fraction of sp³-hybridized carbons (Fsp3) is 0.154. The van der Waals surface area contributed by atoms with Gasteiger partial charge in [0.25, 0.3) is 0 Å². The van der Waals surface area contributed by atoms with Gasteiger partial charge in [-0.15, -0.1) is 0 Å². The normalized spacial score (nSPS) is 14.4. The van der Waals surface area contributed by atoms with Crippen molar-refractivity contribution in [1.82, 2.24) is 4.98 Å². The summed E-state index contributed by atoms with van der Waals surface area (Å²) in [6.07, 6.45) is 2.73. The maximum absolute atomic E-state index is 13.6. The van der Waals surface area contributed by atoms with Crippen molar-refractivity contribution in [3.05, 3.63) is 65.7 Å². The zero-order valence-corrected chi connectivity index (χ0v) is 9.02. The van der Waals surface area contributed by atoms with Crippen molar-refractivity contribution in [1.29, 1.82) is 0 Å². The molecule has 2 aromatic rings. The Kier molecular flexibility index (Phi) is 2.71.